The Morgan fingerprint density at radius 2 is 1.96 bits per heavy atom. The van der Waals surface area contributed by atoms with E-state index in [1.807, 2.05) is 0 Å². The van der Waals surface area contributed by atoms with Crippen LogP contribution in [-0.4, -0.2) is 11.7 Å². The molecule has 1 aromatic heterocycles. The van der Waals surface area contributed by atoms with Crippen molar-refractivity contribution in [2.24, 2.45) is 0 Å². The molecule has 114 valence electrons. The molecule has 1 heterocycles. The number of hydrogen-bond acceptors (Lipinski definition) is 5. The summed E-state index contributed by atoms with van der Waals surface area (Å²) < 4.78 is 11.3. The van der Waals surface area contributed by atoms with Gasteiger partial charge < -0.3 is 9.15 Å². The first-order chi connectivity index (χ1) is 11.2. The van der Waals surface area contributed by atoms with Crippen LogP contribution in [0.5, 0.6) is 5.75 Å². The highest BCUT2D eigenvalue weighted by molar-refractivity contribution is 5.84. The molecule has 0 aliphatic heterocycles. The van der Waals surface area contributed by atoms with Gasteiger partial charge in [0.1, 0.15) is 11.1 Å². The van der Waals surface area contributed by atoms with Crippen LogP contribution in [0, 0.1) is 11.3 Å². The van der Waals surface area contributed by atoms with Gasteiger partial charge in [-0.1, -0.05) is 24.3 Å². The van der Waals surface area contributed by atoms with Crippen LogP contribution >= 0.6 is 0 Å². The second-order valence-corrected chi connectivity index (χ2v) is 4.86. The second kappa shape index (κ2) is 5.81. The van der Waals surface area contributed by atoms with Crippen molar-refractivity contribution in [3.63, 3.8) is 0 Å². The first kappa shape index (κ1) is 14.6. The number of ether oxygens (including phenoxy) is 1. The lowest BCUT2D eigenvalue weighted by atomic mass is 10.1. The molecule has 0 N–H and O–H groups in total. The average Bonchev–Trinajstić information content (AvgIpc) is 2.58. The van der Waals surface area contributed by atoms with E-state index in [1.54, 1.807) is 42.5 Å². The van der Waals surface area contributed by atoms with Crippen molar-refractivity contribution in [3.8, 4) is 11.8 Å². The van der Waals surface area contributed by atoms with E-state index in [1.165, 1.54) is 11.7 Å². The molecule has 0 fully saturated rings. The zero-order valence-electron chi connectivity index (χ0n) is 12.3. The van der Waals surface area contributed by atoms with E-state index >= 15 is 0 Å². The summed E-state index contributed by atoms with van der Waals surface area (Å²) in [5.74, 6) is -0.443. The highest BCUT2D eigenvalue weighted by atomic mass is 16.5. The lowest BCUT2D eigenvalue weighted by Gasteiger charge is -2.11. The monoisotopic (exact) mass is 308 g/mol. The molecule has 0 bridgehead atoms. The lowest BCUT2D eigenvalue weighted by Crippen LogP contribution is -2.26. The van der Waals surface area contributed by atoms with Gasteiger partial charge in [0.2, 0.25) is 0 Å². The molecule has 3 aromatic rings. The van der Waals surface area contributed by atoms with Crippen molar-refractivity contribution in [2.45, 2.75) is 6.54 Å². The first-order valence-electron chi connectivity index (χ1n) is 6.84. The Morgan fingerprint density at radius 3 is 2.70 bits per heavy atom. The van der Waals surface area contributed by atoms with Crippen molar-refractivity contribution >= 4 is 10.9 Å². The van der Waals surface area contributed by atoms with E-state index in [4.69, 9.17) is 9.15 Å². The third-order valence-electron chi connectivity index (χ3n) is 3.59. The Labute approximate surface area is 130 Å². The first-order valence-corrected chi connectivity index (χ1v) is 6.84. The van der Waals surface area contributed by atoms with Crippen LogP contribution in [0.4, 0.5) is 0 Å². The Morgan fingerprint density at radius 1 is 1.17 bits per heavy atom. The largest absolute Gasteiger partial charge is 0.496 e. The third kappa shape index (κ3) is 2.49. The maximum Gasteiger partial charge on any atom is 0.422 e. The number of fused-ring (bicyclic) bond motifs is 1. The molecule has 0 atom stereocenters. The summed E-state index contributed by atoms with van der Waals surface area (Å²) in [7, 11) is 1.44. The molecule has 0 spiro atoms. The number of hydrogen-bond donors (Lipinski definition) is 0. The van der Waals surface area contributed by atoms with Crippen LogP contribution in [0.25, 0.3) is 10.9 Å². The van der Waals surface area contributed by atoms with Crippen LogP contribution in [0.3, 0.4) is 0 Å². The zero-order valence-corrected chi connectivity index (χ0v) is 12.3. The summed E-state index contributed by atoms with van der Waals surface area (Å²) in [4.78, 5) is 24.1. The minimum Gasteiger partial charge on any atom is -0.496 e. The Hall–Kier alpha value is -3.33. The maximum absolute atomic E-state index is 12.1. The van der Waals surface area contributed by atoms with Gasteiger partial charge in [-0.15, -0.1) is 0 Å². The number of benzene rings is 2. The summed E-state index contributed by atoms with van der Waals surface area (Å²) in [6.07, 6.45) is 0. The summed E-state index contributed by atoms with van der Waals surface area (Å²) in [5, 5.41) is 9.37. The summed E-state index contributed by atoms with van der Waals surface area (Å²) in [5.41, 5.74) is 0.780. The minimum absolute atomic E-state index is 0.121. The lowest BCUT2D eigenvalue weighted by molar-refractivity contribution is 0.404. The second-order valence-electron chi connectivity index (χ2n) is 4.86. The standard InChI is InChI=1S/C17H12N2O4/c1-22-14-8-4-7-13-15(14)16(20)23-17(21)19(13)10-12-6-3-2-5-11(12)9-18/h2-8H,10H2,1H3. The number of rotatable bonds is 3. The Balaban J connectivity index is 2.28. The minimum atomic E-state index is -0.775. The van der Waals surface area contributed by atoms with Crippen LogP contribution in [0.2, 0.25) is 0 Å². The maximum atomic E-state index is 12.1. The molecule has 0 saturated heterocycles. The predicted molar refractivity (Wildman–Crippen MR) is 83.6 cm³/mol. The average molecular weight is 308 g/mol. The molecular weight excluding hydrogens is 296 g/mol. The molecule has 3 rings (SSSR count). The molecule has 0 saturated carbocycles. The zero-order chi connectivity index (χ0) is 16.4. The molecule has 0 unspecified atom stereocenters. The third-order valence-corrected chi connectivity index (χ3v) is 3.59. The van der Waals surface area contributed by atoms with Gasteiger partial charge in [0.05, 0.1) is 30.8 Å². The van der Waals surface area contributed by atoms with Gasteiger partial charge in [0.15, 0.2) is 0 Å². The van der Waals surface area contributed by atoms with Gasteiger partial charge in [-0.3, -0.25) is 4.57 Å². The van der Waals surface area contributed by atoms with Crippen LogP contribution in [0.1, 0.15) is 11.1 Å². The number of methoxy groups -OCH3 is 1. The van der Waals surface area contributed by atoms with Crippen LogP contribution < -0.4 is 16.1 Å². The van der Waals surface area contributed by atoms with Crippen molar-refractivity contribution in [2.75, 3.05) is 7.11 Å². The van der Waals surface area contributed by atoms with Gasteiger partial charge in [-0.25, -0.2) is 9.59 Å². The Bertz CT molecular complexity index is 1040. The quantitative estimate of drug-likeness (QED) is 0.737. The molecule has 0 aliphatic rings. The molecule has 23 heavy (non-hydrogen) atoms. The molecule has 0 amide bonds. The number of aromatic nitrogens is 1. The van der Waals surface area contributed by atoms with E-state index in [-0.39, 0.29) is 11.9 Å². The topological polar surface area (TPSA) is 85.2 Å². The van der Waals surface area contributed by atoms with Crippen molar-refractivity contribution in [1.82, 2.24) is 4.57 Å². The Kier molecular flexibility index (Phi) is 3.69. The number of nitrogens with zero attached hydrogens (tertiary/aromatic N) is 2. The fourth-order valence-corrected chi connectivity index (χ4v) is 2.49. The SMILES string of the molecule is COc1cccc2c1c(=O)oc(=O)n2Cc1ccccc1C#N. The molecule has 0 aliphatic carbocycles. The molecule has 2 aromatic carbocycles. The predicted octanol–water partition coefficient (Wildman–Crippen LogP) is 1.88. The summed E-state index contributed by atoms with van der Waals surface area (Å²) in [6.45, 7) is 0.121. The highest BCUT2D eigenvalue weighted by Crippen LogP contribution is 2.21. The van der Waals surface area contributed by atoms with E-state index < -0.39 is 11.4 Å². The molecule has 6 nitrogen and oxygen atoms in total. The summed E-state index contributed by atoms with van der Waals surface area (Å²) >= 11 is 0. The highest BCUT2D eigenvalue weighted by Gasteiger charge is 2.14. The molecule has 0 radical (unpaired) electrons. The van der Waals surface area contributed by atoms with E-state index in [9.17, 15) is 14.9 Å². The van der Waals surface area contributed by atoms with E-state index in [0.717, 1.165) is 0 Å². The van der Waals surface area contributed by atoms with Gasteiger partial charge in [-0.05, 0) is 23.8 Å². The van der Waals surface area contributed by atoms with E-state index in [2.05, 4.69) is 6.07 Å². The van der Waals surface area contributed by atoms with Gasteiger partial charge in [-0.2, -0.15) is 5.26 Å². The normalized spacial score (nSPS) is 10.4. The summed E-state index contributed by atoms with van der Waals surface area (Å²) in [6, 6.07) is 14.0. The van der Waals surface area contributed by atoms with Crippen molar-refractivity contribution < 1.29 is 9.15 Å². The van der Waals surface area contributed by atoms with E-state index in [0.29, 0.717) is 22.4 Å². The smallest absolute Gasteiger partial charge is 0.422 e. The fraction of sp³-hybridized carbons (Fsp3) is 0.118. The van der Waals surface area contributed by atoms with Gasteiger partial charge >= 0.3 is 11.4 Å². The molecule has 6 heteroatoms. The number of nitriles is 1. The van der Waals surface area contributed by atoms with Gasteiger partial charge in [0, 0.05) is 0 Å². The van der Waals surface area contributed by atoms with Gasteiger partial charge in [0.25, 0.3) is 0 Å². The fourth-order valence-electron chi connectivity index (χ4n) is 2.49. The molecular formula is C17H12N2O4. The van der Waals surface area contributed by atoms with Crippen molar-refractivity contribution in [1.29, 1.82) is 5.26 Å². The van der Waals surface area contributed by atoms with Crippen LogP contribution in [0.15, 0.2) is 56.5 Å². The van der Waals surface area contributed by atoms with Crippen LogP contribution in [-0.2, 0) is 6.54 Å². The van der Waals surface area contributed by atoms with Crippen molar-refractivity contribution in [3.05, 3.63) is 74.6 Å².